The van der Waals surface area contributed by atoms with Gasteiger partial charge in [0, 0.05) is 24.5 Å². The Kier molecular flexibility index (Phi) is 9.30. The molecule has 1 atom stereocenters. The van der Waals surface area contributed by atoms with Crippen molar-refractivity contribution in [2.45, 2.75) is 45.6 Å². The topological polar surface area (TPSA) is 114 Å². The number of nitrogens with one attached hydrogen (secondary N) is 2. The first kappa shape index (κ1) is 24.2. The molecule has 2 amide bonds. The molecule has 1 unspecified atom stereocenters. The Hall–Kier alpha value is -3.10. The van der Waals surface area contributed by atoms with Crippen molar-refractivity contribution in [1.82, 2.24) is 10.6 Å². The predicted molar refractivity (Wildman–Crippen MR) is 115 cm³/mol. The van der Waals surface area contributed by atoms with E-state index in [1.807, 2.05) is 0 Å². The van der Waals surface area contributed by atoms with Crippen molar-refractivity contribution in [3.63, 3.8) is 0 Å². The molecule has 8 nitrogen and oxygen atoms in total. The molecule has 2 aromatic rings. The van der Waals surface area contributed by atoms with E-state index in [0.717, 1.165) is 16.7 Å². The lowest BCUT2D eigenvalue weighted by molar-refractivity contribution is -0.153. The van der Waals surface area contributed by atoms with Gasteiger partial charge in [-0.05, 0) is 42.7 Å². The van der Waals surface area contributed by atoms with Crippen molar-refractivity contribution in [2.24, 2.45) is 0 Å². The van der Waals surface area contributed by atoms with Crippen molar-refractivity contribution in [1.29, 1.82) is 0 Å². The lowest BCUT2D eigenvalue weighted by Crippen LogP contribution is -2.32. The summed E-state index contributed by atoms with van der Waals surface area (Å²) in [7, 11) is 0. The molecule has 166 valence electrons. The van der Waals surface area contributed by atoms with Crippen LogP contribution in [0.5, 0.6) is 0 Å². The molecular weight excluding hydrogens is 424 g/mol. The molecule has 0 aliphatic heterocycles. The summed E-state index contributed by atoms with van der Waals surface area (Å²) in [6.45, 7) is 3.90. The van der Waals surface area contributed by atoms with Crippen molar-refractivity contribution in [3.05, 3.63) is 70.2 Å². The van der Waals surface area contributed by atoms with Crippen molar-refractivity contribution < 1.29 is 29.0 Å². The zero-order valence-corrected chi connectivity index (χ0v) is 18.0. The standard InChI is InChI=1S/C22H25ClN2O6/c1-14(2)30-19(20(26)27)11-15-3-5-16(6-4-15)12-24-21(28)31-22(29)25-13-17-7-9-18(23)10-8-17/h3-10,14,19H,11-13H2,1-2H3,(H,24,28)(H,25,29)(H,26,27). The number of halogens is 1. The second-order valence-electron chi connectivity index (χ2n) is 7.04. The zero-order chi connectivity index (χ0) is 22.8. The molecule has 2 rings (SSSR count). The number of hydrogen-bond acceptors (Lipinski definition) is 5. The quantitative estimate of drug-likeness (QED) is 0.501. The average molecular weight is 449 g/mol. The van der Waals surface area contributed by atoms with Gasteiger partial charge in [0.15, 0.2) is 6.10 Å². The summed E-state index contributed by atoms with van der Waals surface area (Å²) in [5.74, 6) is -1.02. The van der Waals surface area contributed by atoms with Crippen molar-refractivity contribution in [3.8, 4) is 0 Å². The van der Waals surface area contributed by atoms with Gasteiger partial charge in [-0.15, -0.1) is 0 Å². The lowest BCUT2D eigenvalue weighted by Gasteiger charge is -2.16. The van der Waals surface area contributed by atoms with E-state index in [0.29, 0.717) is 5.02 Å². The van der Waals surface area contributed by atoms with Gasteiger partial charge in [-0.3, -0.25) is 0 Å². The van der Waals surface area contributed by atoms with E-state index in [1.54, 1.807) is 62.4 Å². The van der Waals surface area contributed by atoms with E-state index >= 15 is 0 Å². The second-order valence-corrected chi connectivity index (χ2v) is 7.48. The molecule has 31 heavy (non-hydrogen) atoms. The van der Waals surface area contributed by atoms with Crippen molar-refractivity contribution in [2.75, 3.05) is 0 Å². The fourth-order valence-corrected chi connectivity index (χ4v) is 2.76. The number of carbonyl (C=O) groups excluding carboxylic acids is 2. The van der Waals surface area contributed by atoms with Gasteiger partial charge in [0.25, 0.3) is 0 Å². The molecule has 0 saturated carbocycles. The first-order valence-electron chi connectivity index (χ1n) is 9.67. The monoisotopic (exact) mass is 448 g/mol. The third kappa shape index (κ3) is 9.06. The van der Waals surface area contributed by atoms with Crippen LogP contribution in [0.25, 0.3) is 0 Å². The van der Waals surface area contributed by atoms with E-state index in [4.69, 9.17) is 16.3 Å². The first-order chi connectivity index (χ1) is 14.7. The lowest BCUT2D eigenvalue weighted by atomic mass is 10.1. The number of carboxylic acid groups (broad SMARTS) is 1. The highest BCUT2D eigenvalue weighted by atomic mass is 35.5. The van der Waals surface area contributed by atoms with E-state index in [9.17, 15) is 19.5 Å². The number of amides is 2. The smallest absolute Gasteiger partial charge is 0.416 e. The van der Waals surface area contributed by atoms with Crippen LogP contribution < -0.4 is 10.6 Å². The number of aliphatic carboxylic acids is 1. The van der Waals surface area contributed by atoms with Crippen LogP contribution >= 0.6 is 11.6 Å². The zero-order valence-electron chi connectivity index (χ0n) is 17.3. The van der Waals surface area contributed by atoms with Gasteiger partial charge in [0.2, 0.25) is 0 Å². The Labute approximate surface area is 185 Å². The number of carbonyl (C=O) groups is 3. The molecule has 0 radical (unpaired) electrons. The summed E-state index contributed by atoms with van der Waals surface area (Å²) < 4.78 is 10.0. The number of carboxylic acids is 1. The third-order valence-electron chi connectivity index (χ3n) is 4.13. The number of hydrogen-bond donors (Lipinski definition) is 3. The molecular formula is C22H25ClN2O6. The Bertz CT molecular complexity index is 884. The molecule has 9 heteroatoms. The maximum atomic E-state index is 11.8. The molecule has 0 aliphatic rings. The van der Waals surface area contributed by atoms with Crippen LogP contribution in [0.4, 0.5) is 9.59 Å². The summed E-state index contributed by atoms with van der Waals surface area (Å²) in [6.07, 6.45) is -2.64. The molecule has 0 heterocycles. The Morgan fingerprint density at radius 2 is 1.32 bits per heavy atom. The highest BCUT2D eigenvalue weighted by Crippen LogP contribution is 2.11. The fraction of sp³-hybridized carbons (Fsp3) is 0.318. The van der Waals surface area contributed by atoms with Gasteiger partial charge in [0.1, 0.15) is 0 Å². The van der Waals surface area contributed by atoms with Crippen LogP contribution in [0, 0.1) is 0 Å². The molecule has 2 aromatic carbocycles. The van der Waals surface area contributed by atoms with Gasteiger partial charge in [-0.1, -0.05) is 48.0 Å². The minimum Gasteiger partial charge on any atom is -0.479 e. The SMILES string of the molecule is CC(C)OC(Cc1ccc(CNC(=O)OC(=O)NCc2ccc(Cl)cc2)cc1)C(=O)O. The van der Waals surface area contributed by atoms with Gasteiger partial charge < -0.3 is 25.2 Å². The van der Waals surface area contributed by atoms with E-state index in [-0.39, 0.29) is 25.6 Å². The van der Waals surface area contributed by atoms with Crippen LogP contribution in [0.3, 0.4) is 0 Å². The average Bonchev–Trinajstić information content (AvgIpc) is 2.72. The minimum atomic E-state index is -1.02. The number of ether oxygens (including phenoxy) is 2. The Morgan fingerprint density at radius 1 is 0.871 bits per heavy atom. The molecule has 0 aromatic heterocycles. The molecule has 0 fully saturated rings. The van der Waals surface area contributed by atoms with Crippen LogP contribution in [0.1, 0.15) is 30.5 Å². The maximum absolute atomic E-state index is 11.8. The summed E-state index contributed by atoms with van der Waals surface area (Å²) >= 11 is 5.80. The fourth-order valence-electron chi connectivity index (χ4n) is 2.64. The summed E-state index contributed by atoms with van der Waals surface area (Å²) in [6, 6.07) is 13.9. The number of rotatable bonds is 9. The largest absolute Gasteiger partial charge is 0.479 e. The van der Waals surface area contributed by atoms with Gasteiger partial charge in [0.05, 0.1) is 6.10 Å². The molecule has 0 spiro atoms. The number of benzene rings is 2. The Morgan fingerprint density at radius 3 is 1.77 bits per heavy atom. The third-order valence-corrected chi connectivity index (χ3v) is 4.38. The van der Waals surface area contributed by atoms with E-state index in [2.05, 4.69) is 15.4 Å². The Balaban J connectivity index is 1.75. The van der Waals surface area contributed by atoms with Gasteiger partial charge in [-0.25, -0.2) is 14.4 Å². The van der Waals surface area contributed by atoms with Gasteiger partial charge in [-0.2, -0.15) is 0 Å². The second kappa shape index (κ2) is 11.9. The van der Waals surface area contributed by atoms with E-state index in [1.165, 1.54) is 0 Å². The van der Waals surface area contributed by atoms with Crippen LogP contribution in [-0.4, -0.2) is 35.5 Å². The van der Waals surface area contributed by atoms with Crippen LogP contribution in [0.2, 0.25) is 5.02 Å². The highest BCUT2D eigenvalue weighted by molar-refractivity contribution is 6.30. The molecule has 0 aliphatic carbocycles. The van der Waals surface area contributed by atoms with E-state index < -0.39 is 24.3 Å². The van der Waals surface area contributed by atoms with Crippen LogP contribution in [-0.2, 0) is 33.8 Å². The molecule has 0 bridgehead atoms. The maximum Gasteiger partial charge on any atom is 0.416 e. The number of alkyl carbamates (subject to hydrolysis) is 2. The normalized spacial score (nSPS) is 11.6. The molecule has 3 N–H and O–H groups in total. The molecule has 0 saturated heterocycles. The summed E-state index contributed by atoms with van der Waals surface area (Å²) in [5, 5.41) is 14.8. The summed E-state index contributed by atoms with van der Waals surface area (Å²) in [5.41, 5.74) is 2.37. The predicted octanol–water partition coefficient (Wildman–Crippen LogP) is 3.90. The summed E-state index contributed by atoms with van der Waals surface area (Å²) in [4.78, 5) is 34.8. The van der Waals surface area contributed by atoms with Gasteiger partial charge >= 0.3 is 18.2 Å². The van der Waals surface area contributed by atoms with Crippen molar-refractivity contribution >= 4 is 29.8 Å². The first-order valence-corrected chi connectivity index (χ1v) is 10.0. The highest BCUT2D eigenvalue weighted by Gasteiger charge is 2.20. The van der Waals surface area contributed by atoms with Crippen LogP contribution in [0.15, 0.2) is 48.5 Å². The minimum absolute atomic E-state index is 0.147.